The second-order valence-electron chi connectivity index (χ2n) is 5.34. The van der Waals surface area contributed by atoms with E-state index in [1.807, 2.05) is 0 Å². The minimum absolute atomic E-state index is 0.00724. The van der Waals surface area contributed by atoms with Gasteiger partial charge in [-0.3, -0.25) is 14.5 Å². The van der Waals surface area contributed by atoms with Crippen LogP contribution in [0.15, 0.2) is 24.3 Å². The molecule has 0 bridgehead atoms. The fourth-order valence-electron chi connectivity index (χ4n) is 2.31. The summed E-state index contributed by atoms with van der Waals surface area (Å²) in [5.41, 5.74) is 0.348. The topological polar surface area (TPSA) is 70.7 Å². The lowest BCUT2D eigenvalue weighted by Gasteiger charge is -2.26. The number of carbonyl (C=O) groups is 2. The monoisotopic (exact) mass is 323 g/mol. The zero-order chi connectivity index (χ0) is 16.5. The molecule has 2 N–H and O–H groups in total. The molecule has 0 atom stereocenters. The van der Waals surface area contributed by atoms with Gasteiger partial charge >= 0.3 is 11.8 Å². The van der Waals surface area contributed by atoms with E-state index in [1.54, 1.807) is 18.2 Å². The Bertz CT molecular complexity index is 533. The summed E-state index contributed by atoms with van der Waals surface area (Å²) in [5.74, 6) is -1.85. The maximum atomic E-state index is 13.4. The highest BCUT2D eigenvalue weighted by Crippen LogP contribution is 2.05. The molecule has 2 amide bonds. The van der Waals surface area contributed by atoms with Gasteiger partial charge in [0, 0.05) is 31.7 Å². The second-order valence-corrected chi connectivity index (χ2v) is 5.34. The van der Waals surface area contributed by atoms with Crippen molar-refractivity contribution in [3.8, 4) is 0 Å². The van der Waals surface area contributed by atoms with Crippen LogP contribution in [-0.2, 0) is 20.9 Å². The van der Waals surface area contributed by atoms with Crippen LogP contribution in [0.4, 0.5) is 4.39 Å². The van der Waals surface area contributed by atoms with Crippen LogP contribution >= 0.6 is 0 Å². The van der Waals surface area contributed by atoms with Crippen LogP contribution in [-0.4, -0.2) is 56.1 Å². The average Bonchev–Trinajstić information content (AvgIpc) is 2.58. The molecule has 1 heterocycles. The zero-order valence-electron chi connectivity index (χ0n) is 13.0. The van der Waals surface area contributed by atoms with E-state index in [4.69, 9.17) is 4.74 Å². The van der Waals surface area contributed by atoms with E-state index in [1.165, 1.54) is 6.07 Å². The van der Waals surface area contributed by atoms with Crippen LogP contribution in [0.25, 0.3) is 0 Å². The molecule has 0 aromatic heterocycles. The molecule has 0 radical (unpaired) electrons. The first-order valence-corrected chi connectivity index (χ1v) is 7.76. The number of nitrogens with one attached hydrogen (secondary N) is 2. The number of carbonyl (C=O) groups excluding carboxylic acids is 2. The number of halogens is 1. The number of nitrogens with zero attached hydrogens (tertiary/aromatic N) is 1. The van der Waals surface area contributed by atoms with Crippen molar-refractivity contribution in [3.05, 3.63) is 35.6 Å². The number of morpholine rings is 1. The molecule has 1 aliphatic heterocycles. The number of amides is 2. The maximum absolute atomic E-state index is 13.4. The molecule has 1 aromatic carbocycles. The lowest BCUT2D eigenvalue weighted by Crippen LogP contribution is -2.41. The molecule has 7 heteroatoms. The fraction of sp³-hybridized carbons (Fsp3) is 0.500. The molecule has 0 saturated carbocycles. The highest BCUT2D eigenvalue weighted by Gasteiger charge is 2.14. The number of hydrogen-bond acceptors (Lipinski definition) is 4. The lowest BCUT2D eigenvalue weighted by atomic mass is 10.2. The molecule has 0 unspecified atom stereocenters. The standard InChI is InChI=1S/C16H22FN3O3/c17-14-5-2-1-4-13(14)12-19-16(22)15(21)18-6-3-7-20-8-10-23-11-9-20/h1-2,4-5H,3,6-12H2,(H,18,21)(H,19,22). The number of ether oxygens (including phenoxy) is 1. The van der Waals surface area contributed by atoms with Gasteiger partial charge in [-0.25, -0.2) is 4.39 Å². The number of benzene rings is 1. The minimum Gasteiger partial charge on any atom is -0.379 e. The van der Waals surface area contributed by atoms with E-state index in [0.29, 0.717) is 12.1 Å². The molecular weight excluding hydrogens is 301 g/mol. The summed E-state index contributed by atoms with van der Waals surface area (Å²) in [7, 11) is 0. The summed E-state index contributed by atoms with van der Waals surface area (Å²) < 4.78 is 18.7. The van der Waals surface area contributed by atoms with Crippen molar-refractivity contribution in [2.75, 3.05) is 39.4 Å². The van der Waals surface area contributed by atoms with Crippen molar-refractivity contribution in [1.29, 1.82) is 0 Å². The van der Waals surface area contributed by atoms with Crippen LogP contribution in [0.2, 0.25) is 0 Å². The SMILES string of the molecule is O=C(NCCCN1CCOCC1)C(=O)NCc1ccccc1F. The van der Waals surface area contributed by atoms with Gasteiger partial charge in [0.1, 0.15) is 5.82 Å². The first-order valence-electron chi connectivity index (χ1n) is 7.76. The maximum Gasteiger partial charge on any atom is 0.309 e. The Kier molecular flexibility index (Phi) is 6.96. The molecular formula is C16H22FN3O3. The predicted octanol–water partition coefficient (Wildman–Crippen LogP) is 0.280. The van der Waals surface area contributed by atoms with Gasteiger partial charge in [-0.2, -0.15) is 0 Å². The molecule has 6 nitrogen and oxygen atoms in total. The van der Waals surface area contributed by atoms with E-state index in [-0.39, 0.29) is 6.54 Å². The molecule has 1 aliphatic rings. The van der Waals surface area contributed by atoms with Crippen molar-refractivity contribution < 1.29 is 18.7 Å². The predicted molar refractivity (Wildman–Crippen MR) is 83.1 cm³/mol. The summed E-state index contributed by atoms with van der Waals surface area (Å²) in [6.45, 7) is 4.57. The zero-order valence-corrected chi connectivity index (χ0v) is 13.0. The van der Waals surface area contributed by atoms with Crippen molar-refractivity contribution in [1.82, 2.24) is 15.5 Å². The van der Waals surface area contributed by atoms with Crippen molar-refractivity contribution in [2.45, 2.75) is 13.0 Å². The molecule has 126 valence electrons. The smallest absolute Gasteiger partial charge is 0.309 e. The number of hydrogen-bond donors (Lipinski definition) is 2. The Morgan fingerprint density at radius 2 is 1.83 bits per heavy atom. The minimum atomic E-state index is -0.750. The molecule has 1 saturated heterocycles. The summed E-state index contributed by atoms with van der Waals surface area (Å²) in [6.07, 6.45) is 0.770. The molecule has 1 fully saturated rings. The third-order valence-electron chi connectivity index (χ3n) is 3.64. The molecule has 1 aromatic rings. The summed E-state index contributed by atoms with van der Waals surface area (Å²) >= 11 is 0. The third kappa shape index (κ3) is 5.96. The van der Waals surface area contributed by atoms with E-state index in [2.05, 4.69) is 15.5 Å². The van der Waals surface area contributed by atoms with Gasteiger partial charge in [0.15, 0.2) is 0 Å². The van der Waals surface area contributed by atoms with Gasteiger partial charge in [0.05, 0.1) is 13.2 Å². The van der Waals surface area contributed by atoms with E-state index in [9.17, 15) is 14.0 Å². The Hall–Kier alpha value is -1.99. The Morgan fingerprint density at radius 3 is 2.57 bits per heavy atom. The highest BCUT2D eigenvalue weighted by molar-refractivity contribution is 6.35. The molecule has 23 heavy (non-hydrogen) atoms. The van der Waals surface area contributed by atoms with Gasteiger partial charge in [0.25, 0.3) is 0 Å². The van der Waals surface area contributed by atoms with Gasteiger partial charge in [0.2, 0.25) is 0 Å². The average molecular weight is 323 g/mol. The summed E-state index contributed by atoms with van der Waals surface area (Å²) in [6, 6.07) is 6.13. The normalized spacial score (nSPS) is 15.2. The first kappa shape index (κ1) is 17.4. The van der Waals surface area contributed by atoms with Gasteiger partial charge in [-0.15, -0.1) is 0 Å². The number of rotatable bonds is 6. The molecule has 2 rings (SSSR count). The first-order chi connectivity index (χ1) is 11.2. The van der Waals surface area contributed by atoms with Crippen LogP contribution in [0.3, 0.4) is 0 Å². The van der Waals surface area contributed by atoms with E-state index >= 15 is 0 Å². The third-order valence-corrected chi connectivity index (χ3v) is 3.64. The quantitative estimate of drug-likeness (QED) is 0.583. The largest absolute Gasteiger partial charge is 0.379 e. The Labute approximate surface area is 135 Å². The highest BCUT2D eigenvalue weighted by atomic mass is 19.1. The van der Waals surface area contributed by atoms with E-state index < -0.39 is 17.6 Å². The van der Waals surface area contributed by atoms with Crippen molar-refractivity contribution in [2.24, 2.45) is 0 Å². The van der Waals surface area contributed by atoms with E-state index in [0.717, 1.165) is 39.3 Å². The van der Waals surface area contributed by atoms with Gasteiger partial charge < -0.3 is 15.4 Å². The lowest BCUT2D eigenvalue weighted by molar-refractivity contribution is -0.139. The van der Waals surface area contributed by atoms with Gasteiger partial charge in [-0.05, 0) is 19.0 Å². The van der Waals surface area contributed by atoms with Crippen LogP contribution < -0.4 is 10.6 Å². The van der Waals surface area contributed by atoms with Gasteiger partial charge in [-0.1, -0.05) is 18.2 Å². The van der Waals surface area contributed by atoms with Crippen LogP contribution in [0.1, 0.15) is 12.0 Å². The van der Waals surface area contributed by atoms with Crippen LogP contribution in [0, 0.1) is 5.82 Å². The fourth-order valence-corrected chi connectivity index (χ4v) is 2.31. The summed E-state index contributed by atoms with van der Waals surface area (Å²) in [5, 5.41) is 4.98. The molecule has 0 aliphatic carbocycles. The Balaban J connectivity index is 1.61. The second kappa shape index (κ2) is 9.22. The van der Waals surface area contributed by atoms with Crippen molar-refractivity contribution in [3.63, 3.8) is 0 Å². The van der Waals surface area contributed by atoms with Crippen LogP contribution in [0.5, 0.6) is 0 Å². The summed E-state index contributed by atoms with van der Waals surface area (Å²) in [4.78, 5) is 25.6. The van der Waals surface area contributed by atoms with Crippen molar-refractivity contribution >= 4 is 11.8 Å². The molecule has 0 spiro atoms. The Morgan fingerprint density at radius 1 is 1.13 bits per heavy atom.